The van der Waals surface area contributed by atoms with Crippen LogP contribution in [0, 0.1) is 5.92 Å². The Hall–Kier alpha value is -1.26. The lowest BCUT2D eigenvalue weighted by Gasteiger charge is -2.16. The van der Waals surface area contributed by atoms with Gasteiger partial charge in [-0.3, -0.25) is 9.79 Å². The fourth-order valence-corrected chi connectivity index (χ4v) is 2.24. The molecule has 0 aliphatic heterocycles. The lowest BCUT2D eigenvalue weighted by molar-refractivity contribution is -0.123. The highest BCUT2D eigenvalue weighted by molar-refractivity contribution is 5.79. The molecule has 1 saturated carbocycles. The van der Waals surface area contributed by atoms with Crippen LogP contribution < -0.4 is 16.4 Å². The number of nitrogens with one attached hydrogen (secondary N) is 2. The fraction of sp³-hybridized carbons (Fsp3) is 0.857. The monoisotopic (exact) mass is 268 g/mol. The van der Waals surface area contributed by atoms with Crippen LogP contribution in [-0.4, -0.2) is 31.0 Å². The Balaban J connectivity index is 2.19. The maximum absolute atomic E-state index is 11.3. The molecule has 0 aromatic heterocycles. The summed E-state index contributed by atoms with van der Waals surface area (Å²) in [5, 5.41) is 6.11. The number of hydrogen-bond donors (Lipinski definition) is 3. The van der Waals surface area contributed by atoms with Gasteiger partial charge in [0.1, 0.15) is 0 Å². The van der Waals surface area contributed by atoms with Crippen LogP contribution >= 0.6 is 0 Å². The average Bonchev–Trinajstić information content (AvgIpc) is 2.62. The van der Waals surface area contributed by atoms with Gasteiger partial charge in [-0.2, -0.15) is 0 Å². The number of nitrogens with two attached hydrogens (primary N) is 1. The number of nitrogens with zero attached hydrogens (tertiary/aromatic N) is 1. The minimum Gasteiger partial charge on any atom is -0.370 e. The van der Waals surface area contributed by atoms with Gasteiger partial charge in [-0.1, -0.05) is 39.5 Å². The number of aliphatic imine (C=N–C) groups is 1. The van der Waals surface area contributed by atoms with Crippen LogP contribution in [0.2, 0.25) is 0 Å². The van der Waals surface area contributed by atoms with Gasteiger partial charge >= 0.3 is 0 Å². The van der Waals surface area contributed by atoms with E-state index in [1.807, 2.05) is 13.8 Å². The molecule has 1 rings (SSSR count). The van der Waals surface area contributed by atoms with Crippen LogP contribution in [-0.2, 0) is 4.79 Å². The fourth-order valence-electron chi connectivity index (χ4n) is 2.24. The van der Waals surface area contributed by atoms with Crippen LogP contribution in [0.5, 0.6) is 0 Å². The molecular formula is C14H28N4O. The summed E-state index contributed by atoms with van der Waals surface area (Å²) in [6.45, 7) is 4.83. The standard InChI is InChI=1S/C14H28N4O/c1-11(2)13(19)16-9-10-17-14(15)18-12-7-5-3-4-6-8-12/h11-12H,3-10H2,1-2H3,(H,16,19)(H3,15,17,18). The third-order valence-electron chi connectivity index (χ3n) is 3.42. The third kappa shape index (κ3) is 7.03. The smallest absolute Gasteiger partial charge is 0.222 e. The maximum Gasteiger partial charge on any atom is 0.222 e. The highest BCUT2D eigenvalue weighted by atomic mass is 16.1. The summed E-state index contributed by atoms with van der Waals surface area (Å²) >= 11 is 0. The SMILES string of the molecule is CC(C)C(=O)NCCN=C(N)NC1CCCCCC1. The van der Waals surface area contributed by atoms with Crippen molar-refractivity contribution >= 4 is 11.9 Å². The summed E-state index contributed by atoms with van der Waals surface area (Å²) in [7, 11) is 0. The van der Waals surface area contributed by atoms with Crippen molar-refractivity contribution in [2.45, 2.75) is 58.4 Å². The average molecular weight is 268 g/mol. The lowest BCUT2D eigenvalue weighted by Crippen LogP contribution is -2.40. The quantitative estimate of drug-likeness (QED) is 0.305. The summed E-state index contributed by atoms with van der Waals surface area (Å²) < 4.78 is 0. The molecule has 0 heterocycles. The van der Waals surface area contributed by atoms with E-state index >= 15 is 0 Å². The van der Waals surface area contributed by atoms with E-state index in [0.29, 0.717) is 25.1 Å². The molecular weight excluding hydrogens is 240 g/mol. The molecule has 19 heavy (non-hydrogen) atoms. The Morgan fingerprint density at radius 3 is 2.47 bits per heavy atom. The van der Waals surface area contributed by atoms with Gasteiger partial charge in [0, 0.05) is 18.5 Å². The lowest BCUT2D eigenvalue weighted by atomic mass is 10.1. The van der Waals surface area contributed by atoms with Gasteiger partial charge in [0.2, 0.25) is 5.91 Å². The largest absolute Gasteiger partial charge is 0.370 e. The first-order valence-corrected chi connectivity index (χ1v) is 7.43. The van der Waals surface area contributed by atoms with Crippen molar-refractivity contribution < 1.29 is 4.79 Å². The number of rotatable bonds is 5. The predicted molar refractivity (Wildman–Crippen MR) is 79.0 cm³/mol. The second kappa shape index (κ2) is 8.77. The van der Waals surface area contributed by atoms with Crippen LogP contribution in [0.4, 0.5) is 0 Å². The van der Waals surface area contributed by atoms with Crippen molar-refractivity contribution in [3.63, 3.8) is 0 Å². The second-order valence-electron chi connectivity index (χ2n) is 5.55. The molecule has 0 aromatic rings. The maximum atomic E-state index is 11.3. The minimum atomic E-state index is 0.0189. The molecule has 4 N–H and O–H groups in total. The number of hydrogen-bond acceptors (Lipinski definition) is 2. The van der Waals surface area contributed by atoms with E-state index in [0.717, 1.165) is 0 Å². The molecule has 5 heteroatoms. The third-order valence-corrected chi connectivity index (χ3v) is 3.42. The van der Waals surface area contributed by atoms with Crippen molar-refractivity contribution in [2.24, 2.45) is 16.6 Å². The number of carbonyl (C=O) groups excluding carboxylic acids is 1. The zero-order chi connectivity index (χ0) is 14.1. The molecule has 0 saturated heterocycles. The number of guanidine groups is 1. The van der Waals surface area contributed by atoms with Crippen molar-refractivity contribution in [3.8, 4) is 0 Å². The molecule has 1 aliphatic rings. The molecule has 0 aromatic carbocycles. The second-order valence-corrected chi connectivity index (χ2v) is 5.55. The van der Waals surface area contributed by atoms with E-state index in [-0.39, 0.29) is 11.8 Å². The molecule has 5 nitrogen and oxygen atoms in total. The summed E-state index contributed by atoms with van der Waals surface area (Å²) in [4.78, 5) is 15.6. The van der Waals surface area contributed by atoms with Crippen molar-refractivity contribution in [3.05, 3.63) is 0 Å². The predicted octanol–water partition coefficient (Wildman–Crippen LogP) is 1.39. The molecule has 110 valence electrons. The van der Waals surface area contributed by atoms with E-state index in [1.165, 1.54) is 38.5 Å². The topological polar surface area (TPSA) is 79.5 Å². The first-order valence-electron chi connectivity index (χ1n) is 7.43. The first-order chi connectivity index (χ1) is 9.09. The Kier molecular flexibility index (Phi) is 7.30. The van der Waals surface area contributed by atoms with Gasteiger partial charge in [-0.05, 0) is 12.8 Å². The van der Waals surface area contributed by atoms with Crippen molar-refractivity contribution in [2.75, 3.05) is 13.1 Å². The van der Waals surface area contributed by atoms with Gasteiger partial charge in [-0.25, -0.2) is 0 Å². The van der Waals surface area contributed by atoms with E-state index in [1.54, 1.807) is 0 Å². The van der Waals surface area contributed by atoms with Crippen LogP contribution in [0.25, 0.3) is 0 Å². The van der Waals surface area contributed by atoms with Crippen molar-refractivity contribution in [1.29, 1.82) is 0 Å². The highest BCUT2D eigenvalue weighted by Crippen LogP contribution is 2.16. The molecule has 0 radical (unpaired) electrons. The summed E-state index contributed by atoms with van der Waals surface area (Å²) in [6.07, 6.45) is 7.57. The van der Waals surface area contributed by atoms with E-state index < -0.39 is 0 Å². The molecule has 1 amide bonds. The Bertz CT molecular complexity index is 294. The molecule has 0 unspecified atom stereocenters. The van der Waals surface area contributed by atoms with Gasteiger partial charge in [0.15, 0.2) is 5.96 Å². The van der Waals surface area contributed by atoms with Gasteiger partial charge in [-0.15, -0.1) is 0 Å². The van der Waals surface area contributed by atoms with Gasteiger partial charge in [0.05, 0.1) is 6.54 Å². The molecule has 0 spiro atoms. The Morgan fingerprint density at radius 1 is 1.26 bits per heavy atom. The van der Waals surface area contributed by atoms with Crippen LogP contribution in [0.1, 0.15) is 52.4 Å². The summed E-state index contributed by atoms with van der Waals surface area (Å²) in [6, 6.07) is 0.469. The molecule has 1 aliphatic carbocycles. The Morgan fingerprint density at radius 2 is 1.89 bits per heavy atom. The molecule has 0 bridgehead atoms. The summed E-state index contributed by atoms with van der Waals surface area (Å²) in [5.41, 5.74) is 5.86. The highest BCUT2D eigenvalue weighted by Gasteiger charge is 2.12. The molecule has 1 fully saturated rings. The van der Waals surface area contributed by atoms with E-state index in [9.17, 15) is 4.79 Å². The first kappa shape index (κ1) is 15.8. The number of amides is 1. The van der Waals surface area contributed by atoms with Crippen LogP contribution in [0.3, 0.4) is 0 Å². The molecule has 0 atom stereocenters. The minimum absolute atomic E-state index is 0.0189. The zero-order valence-corrected chi connectivity index (χ0v) is 12.2. The Labute approximate surface area is 116 Å². The summed E-state index contributed by atoms with van der Waals surface area (Å²) in [5.74, 6) is 0.585. The normalized spacial score (nSPS) is 18.2. The van der Waals surface area contributed by atoms with Crippen molar-refractivity contribution in [1.82, 2.24) is 10.6 Å². The van der Waals surface area contributed by atoms with E-state index in [4.69, 9.17) is 5.73 Å². The van der Waals surface area contributed by atoms with Crippen LogP contribution in [0.15, 0.2) is 4.99 Å². The van der Waals surface area contributed by atoms with Gasteiger partial charge in [0.25, 0.3) is 0 Å². The van der Waals surface area contributed by atoms with E-state index in [2.05, 4.69) is 15.6 Å². The number of carbonyl (C=O) groups is 1. The van der Waals surface area contributed by atoms with Gasteiger partial charge < -0.3 is 16.4 Å². The zero-order valence-electron chi connectivity index (χ0n) is 12.2.